The van der Waals surface area contributed by atoms with E-state index in [0.29, 0.717) is 5.92 Å². The Labute approximate surface area is 126 Å². The zero-order valence-electron chi connectivity index (χ0n) is 12.6. The van der Waals surface area contributed by atoms with E-state index in [0.717, 1.165) is 37.7 Å². The zero-order valence-corrected chi connectivity index (χ0v) is 12.6. The molecule has 0 bridgehead atoms. The number of hydrogen-bond donors (Lipinski definition) is 2. The van der Waals surface area contributed by atoms with Crippen LogP contribution in [0.1, 0.15) is 13.8 Å². The predicted octanol–water partition coefficient (Wildman–Crippen LogP) is 2.81. The second-order valence-electron chi connectivity index (χ2n) is 5.32. The number of para-hydroxylation sites is 2. The third-order valence-corrected chi connectivity index (χ3v) is 3.20. The van der Waals surface area contributed by atoms with Gasteiger partial charge in [-0.05, 0) is 18.1 Å². The highest BCUT2D eigenvalue weighted by Gasteiger charge is 2.15. The summed E-state index contributed by atoms with van der Waals surface area (Å²) in [6, 6.07) is 7.60. The minimum atomic E-state index is -0.229. The molecule has 5 nitrogen and oxygen atoms in total. The number of hydrogen-bond acceptors (Lipinski definition) is 3. The molecule has 1 saturated heterocycles. The summed E-state index contributed by atoms with van der Waals surface area (Å²) in [5.74, 6) is 0.408. The second-order valence-corrected chi connectivity index (χ2v) is 5.32. The zero-order chi connectivity index (χ0) is 15.1. The van der Waals surface area contributed by atoms with Gasteiger partial charge in [0.2, 0.25) is 0 Å². The molecule has 1 heterocycles. The minimum Gasteiger partial charge on any atom is -0.378 e. The maximum atomic E-state index is 11.9. The maximum absolute atomic E-state index is 11.9. The van der Waals surface area contributed by atoms with Crippen LogP contribution in [0.25, 0.3) is 0 Å². The lowest BCUT2D eigenvalue weighted by molar-refractivity contribution is 0.123. The molecule has 0 radical (unpaired) electrons. The van der Waals surface area contributed by atoms with Crippen molar-refractivity contribution in [1.82, 2.24) is 5.32 Å². The van der Waals surface area contributed by atoms with Crippen LogP contribution in [0, 0.1) is 5.92 Å². The van der Waals surface area contributed by atoms with Crippen molar-refractivity contribution in [2.24, 2.45) is 5.92 Å². The van der Waals surface area contributed by atoms with Gasteiger partial charge in [-0.25, -0.2) is 4.79 Å². The largest absolute Gasteiger partial charge is 0.378 e. The Bertz CT molecular complexity index is 494. The van der Waals surface area contributed by atoms with Gasteiger partial charge in [-0.3, -0.25) is 0 Å². The average Bonchev–Trinajstić information content (AvgIpc) is 2.48. The lowest BCUT2D eigenvalue weighted by Gasteiger charge is -2.30. The van der Waals surface area contributed by atoms with Crippen molar-refractivity contribution in [3.8, 4) is 0 Å². The Morgan fingerprint density at radius 2 is 2.00 bits per heavy atom. The first-order valence-corrected chi connectivity index (χ1v) is 7.32. The number of amides is 2. The number of nitrogens with one attached hydrogen (secondary N) is 2. The van der Waals surface area contributed by atoms with E-state index in [4.69, 9.17) is 4.74 Å². The fourth-order valence-corrected chi connectivity index (χ4v) is 2.13. The minimum absolute atomic E-state index is 0.229. The summed E-state index contributed by atoms with van der Waals surface area (Å²) < 4.78 is 5.37. The topological polar surface area (TPSA) is 53.6 Å². The maximum Gasteiger partial charge on any atom is 0.323 e. The molecule has 1 aliphatic rings. The van der Waals surface area contributed by atoms with E-state index in [1.807, 2.05) is 30.3 Å². The number of allylic oxidation sites excluding steroid dienone is 1. The lowest BCUT2D eigenvalue weighted by Crippen LogP contribution is -2.37. The number of benzene rings is 1. The summed E-state index contributed by atoms with van der Waals surface area (Å²) in [4.78, 5) is 14.1. The predicted molar refractivity (Wildman–Crippen MR) is 85.6 cm³/mol. The number of carbonyl (C=O) groups is 1. The van der Waals surface area contributed by atoms with Gasteiger partial charge in [0, 0.05) is 19.3 Å². The van der Waals surface area contributed by atoms with Crippen LogP contribution in [-0.4, -0.2) is 32.3 Å². The van der Waals surface area contributed by atoms with Crippen LogP contribution in [0.5, 0.6) is 0 Å². The molecule has 1 fully saturated rings. The van der Waals surface area contributed by atoms with Crippen LogP contribution in [0.3, 0.4) is 0 Å². The Hall–Kier alpha value is -2.01. The summed E-state index contributed by atoms with van der Waals surface area (Å²) in [5, 5.41) is 5.62. The molecule has 1 aromatic rings. The highest BCUT2D eigenvalue weighted by molar-refractivity contribution is 5.93. The quantitative estimate of drug-likeness (QED) is 0.896. The first kappa shape index (κ1) is 15.4. The number of carbonyl (C=O) groups excluding carboxylic acids is 1. The number of ether oxygens (including phenoxy) is 1. The third kappa shape index (κ3) is 4.79. The Morgan fingerprint density at radius 3 is 2.71 bits per heavy atom. The molecular weight excluding hydrogens is 266 g/mol. The van der Waals surface area contributed by atoms with Gasteiger partial charge in [-0.2, -0.15) is 0 Å². The molecule has 1 aromatic carbocycles. The molecule has 0 saturated carbocycles. The smallest absolute Gasteiger partial charge is 0.323 e. The van der Waals surface area contributed by atoms with Crippen LogP contribution in [-0.2, 0) is 4.74 Å². The monoisotopic (exact) mass is 289 g/mol. The highest BCUT2D eigenvalue weighted by Crippen LogP contribution is 2.26. The van der Waals surface area contributed by atoms with Gasteiger partial charge in [0.1, 0.15) is 0 Å². The van der Waals surface area contributed by atoms with Gasteiger partial charge < -0.3 is 20.3 Å². The SMILES string of the molecule is CC(C)/C=C/NC(=O)Nc1ccccc1N1CCOCC1. The van der Waals surface area contributed by atoms with Crippen LogP contribution >= 0.6 is 0 Å². The van der Waals surface area contributed by atoms with Gasteiger partial charge in [-0.1, -0.05) is 32.1 Å². The van der Waals surface area contributed by atoms with Gasteiger partial charge in [-0.15, -0.1) is 0 Å². The van der Waals surface area contributed by atoms with Crippen molar-refractivity contribution >= 4 is 17.4 Å². The Balaban J connectivity index is 2.00. The molecule has 0 spiro atoms. The molecule has 2 N–H and O–H groups in total. The molecule has 114 valence electrons. The molecule has 21 heavy (non-hydrogen) atoms. The molecule has 0 aromatic heterocycles. The van der Waals surface area contributed by atoms with Crippen molar-refractivity contribution in [3.05, 3.63) is 36.5 Å². The van der Waals surface area contributed by atoms with Gasteiger partial charge in [0.25, 0.3) is 0 Å². The van der Waals surface area contributed by atoms with E-state index < -0.39 is 0 Å². The molecule has 2 rings (SSSR count). The van der Waals surface area contributed by atoms with Crippen LogP contribution < -0.4 is 15.5 Å². The molecule has 1 aliphatic heterocycles. The average molecular weight is 289 g/mol. The summed E-state index contributed by atoms with van der Waals surface area (Å²) in [6.07, 6.45) is 3.62. The van der Waals surface area contributed by atoms with Crippen LogP contribution in [0.4, 0.5) is 16.2 Å². The number of urea groups is 1. The fraction of sp³-hybridized carbons (Fsp3) is 0.438. The summed E-state index contributed by atoms with van der Waals surface area (Å²) >= 11 is 0. The summed E-state index contributed by atoms with van der Waals surface area (Å²) in [6.45, 7) is 7.24. The second kappa shape index (κ2) is 7.69. The molecular formula is C16H23N3O2. The van der Waals surface area contributed by atoms with Crippen molar-refractivity contribution in [2.75, 3.05) is 36.5 Å². The lowest BCUT2D eigenvalue weighted by atomic mass is 10.2. The van der Waals surface area contributed by atoms with E-state index >= 15 is 0 Å². The van der Waals surface area contributed by atoms with Crippen LogP contribution in [0.15, 0.2) is 36.5 Å². The Kier molecular flexibility index (Phi) is 5.63. The number of rotatable bonds is 4. The number of anilines is 2. The summed E-state index contributed by atoms with van der Waals surface area (Å²) in [5.41, 5.74) is 1.85. The van der Waals surface area contributed by atoms with Gasteiger partial charge in [0.05, 0.1) is 24.6 Å². The van der Waals surface area contributed by atoms with Gasteiger partial charge >= 0.3 is 6.03 Å². The van der Waals surface area contributed by atoms with Crippen molar-refractivity contribution < 1.29 is 9.53 Å². The first-order chi connectivity index (χ1) is 10.2. The van der Waals surface area contributed by atoms with Crippen molar-refractivity contribution in [2.45, 2.75) is 13.8 Å². The molecule has 0 atom stereocenters. The van der Waals surface area contributed by atoms with Gasteiger partial charge in [0.15, 0.2) is 0 Å². The van der Waals surface area contributed by atoms with Crippen molar-refractivity contribution in [3.63, 3.8) is 0 Å². The molecule has 5 heteroatoms. The van der Waals surface area contributed by atoms with E-state index in [9.17, 15) is 4.79 Å². The summed E-state index contributed by atoms with van der Waals surface area (Å²) in [7, 11) is 0. The van der Waals surface area contributed by atoms with Crippen molar-refractivity contribution in [1.29, 1.82) is 0 Å². The van der Waals surface area contributed by atoms with E-state index in [1.54, 1.807) is 6.20 Å². The number of nitrogens with zero attached hydrogens (tertiary/aromatic N) is 1. The standard InChI is InChI=1S/C16H23N3O2/c1-13(2)7-8-17-16(20)18-14-5-3-4-6-15(14)19-9-11-21-12-10-19/h3-8,13H,9-12H2,1-2H3,(H2,17,18,20)/b8-7+. The number of morpholine rings is 1. The van der Waals surface area contributed by atoms with E-state index in [2.05, 4.69) is 29.4 Å². The molecule has 0 aliphatic carbocycles. The van der Waals surface area contributed by atoms with Crippen LogP contribution in [0.2, 0.25) is 0 Å². The molecule has 0 unspecified atom stereocenters. The molecule has 2 amide bonds. The Morgan fingerprint density at radius 1 is 1.29 bits per heavy atom. The third-order valence-electron chi connectivity index (χ3n) is 3.20. The fourth-order valence-electron chi connectivity index (χ4n) is 2.13. The normalized spacial score (nSPS) is 15.5. The van der Waals surface area contributed by atoms with E-state index in [1.165, 1.54) is 0 Å². The van der Waals surface area contributed by atoms with E-state index in [-0.39, 0.29) is 6.03 Å². The first-order valence-electron chi connectivity index (χ1n) is 7.32. The highest BCUT2D eigenvalue weighted by atomic mass is 16.5.